The SMILES string of the molecule is CC/C=C\C/C=C\C/C=C\C/C=C\C/C=C\C/C=C\CCC(=O)OCC(COP(=O)(O)OCC(O)COP(=O)(O)OCC(COC(=O)CCCCCCC/C=C\C/C=C\CCC)OC(=O)CCCCCCCCCCCCCCC)OC(=O)CCCCCCCC/C=C\C/C=C\C/C=C\CCCCC. The maximum Gasteiger partial charge on any atom is 0.472 e. The average molecular weight is 1500 g/mol. The number of rotatable bonds is 75. The van der Waals surface area contributed by atoms with Gasteiger partial charge in [-0.1, -0.05) is 303 Å². The first kappa shape index (κ1) is 99.2. The predicted molar refractivity (Wildman–Crippen MR) is 427 cm³/mol. The number of carbonyl (C=O) groups excluding carboxylic acids is 4. The van der Waals surface area contributed by atoms with Crippen LogP contribution in [0.5, 0.6) is 0 Å². The molecule has 0 aliphatic carbocycles. The molecule has 596 valence electrons. The van der Waals surface area contributed by atoms with Gasteiger partial charge in [0.05, 0.1) is 26.4 Å². The van der Waals surface area contributed by atoms with Crippen LogP contribution < -0.4 is 0 Å². The zero-order valence-corrected chi connectivity index (χ0v) is 66.9. The molecule has 5 atom stereocenters. The van der Waals surface area contributed by atoms with Gasteiger partial charge < -0.3 is 33.8 Å². The number of aliphatic hydroxyl groups is 1. The second-order valence-corrected chi connectivity index (χ2v) is 29.5. The highest BCUT2D eigenvalue weighted by Gasteiger charge is 2.30. The number of unbranched alkanes of at least 4 members (excludes halogenated alkanes) is 27. The topological polar surface area (TPSA) is 237 Å². The molecule has 5 unspecified atom stereocenters. The molecule has 0 rings (SSSR count). The van der Waals surface area contributed by atoms with Crippen molar-refractivity contribution in [2.75, 3.05) is 39.6 Å². The largest absolute Gasteiger partial charge is 0.472 e. The minimum atomic E-state index is -5.00. The molecule has 0 bridgehead atoms. The van der Waals surface area contributed by atoms with E-state index in [0.29, 0.717) is 32.1 Å². The lowest BCUT2D eigenvalue weighted by Crippen LogP contribution is -2.30. The Morgan fingerprint density at radius 1 is 0.279 bits per heavy atom. The number of hydrogen-bond donors (Lipinski definition) is 3. The summed E-state index contributed by atoms with van der Waals surface area (Å²) in [6.07, 6.45) is 85.8. The Morgan fingerprint density at radius 2 is 0.538 bits per heavy atom. The van der Waals surface area contributed by atoms with Gasteiger partial charge in [0.2, 0.25) is 0 Å². The van der Waals surface area contributed by atoms with Crippen molar-refractivity contribution in [2.24, 2.45) is 0 Å². The second kappa shape index (κ2) is 76.4. The van der Waals surface area contributed by atoms with Gasteiger partial charge in [-0.3, -0.25) is 37.3 Å². The summed E-state index contributed by atoms with van der Waals surface area (Å²) in [5.74, 6) is -2.30. The summed E-state index contributed by atoms with van der Waals surface area (Å²) >= 11 is 0. The van der Waals surface area contributed by atoms with Crippen molar-refractivity contribution in [2.45, 2.75) is 341 Å². The third-order valence-electron chi connectivity index (χ3n) is 16.6. The summed E-state index contributed by atoms with van der Waals surface area (Å²) in [6.45, 7) is 4.57. The molecule has 0 amide bonds. The first-order valence-corrected chi connectivity index (χ1v) is 43.4. The van der Waals surface area contributed by atoms with Gasteiger partial charge in [-0.2, -0.15) is 0 Å². The number of esters is 4. The fourth-order valence-corrected chi connectivity index (χ4v) is 12.0. The number of hydrogen-bond acceptors (Lipinski definition) is 15. The first-order chi connectivity index (χ1) is 50.7. The van der Waals surface area contributed by atoms with E-state index in [1.165, 1.54) is 70.6 Å². The van der Waals surface area contributed by atoms with Crippen molar-refractivity contribution >= 4 is 39.5 Å². The fraction of sp³-hybridized carbons (Fsp3) is 0.694. The summed E-state index contributed by atoms with van der Waals surface area (Å²) in [5, 5.41) is 10.6. The van der Waals surface area contributed by atoms with Crippen molar-refractivity contribution in [3.05, 3.63) is 134 Å². The molecular formula is C85H144O17P2. The van der Waals surface area contributed by atoms with Crippen LogP contribution in [0, 0.1) is 0 Å². The van der Waals surface area contributed by atoms with Crippen LogP contribution in [0.4, 0.5) is 0 Å². The molecule has 0 aromatic carbocycles. The molecule has 0 fully saturated rings. The third-order valence-corrected chi connectivity index (χ3v) is 18.5. The lowest BCUT2D eigenvalue weighted by atomic mass is 10.0. The zero-order chi connectivity index (χ0) is 76.0. The molecule has 0 saturated carbocycles. The standard InChI is InChI=1S/C85H144O17P2/c1-5-9-13-17-21-25-29-33-35-37-39-41-43-47-50-54-58-62-66-70-83(88)96-76-81(102-85(90)72-68-64-60-56-52-48-44-42-40-38-36-34-30-26-22-18-14-10-6-2)78-100-104(93,94)98-74-79(86)73-97-103(91,92)99-77-80(101-84(89)71-67-63-59-55-51-46-32-28-24-20-16-12-8-4)75-95-82(87)69-65-61-57-53-49-45-31-27-23-19-15-11-7-3/h9,13,15,19,21-22,25-27,31,33-36,39-42,47,50,58,62,79-81,86H,5-8,10-12,14,16-18,20,23-24,28-30,32,37-38,43-46,48-49,51-57,59-61,63-78H2,1-4H3,(H,91,92)(H,93,94)/b13-9-,19-15-,25-21-,26-22-,31-27-,35-33-,36-34-,41-39-,42-40-,50-47-,62-58-. The molecule has 0 aliphatic heterocycles. The smallest absolute Gasteiger partial charge is 0.462 e. The van der Waals surface area contributed by atoms with E-state index in [-0.39, 0.29) is 25.7 Å². The Kier molecular flexibility index (Phi) is 72.9. The van der Waals surface area contributed by atoms with E-state index in [0.717, 1.165) is 167 Å². The van der Waals surface area contributed by atoms with E-state index in [1.807, 2.05) is 18.2 Å². The Balaban J connectivity index is 5.44. The molecule has 0 radical (unpaired) electrons. The van der Waals surface area contributed by atoms with Crippen molar-refractivity contribution in [3.63, 3.8) is 0 Å². The maximum atomic E-state index is 13.1. The quantitative estimate of drug-likeness (QED) is 0.0169. The molecule has 0 aromatic heterocycles. The van der Waals surface area contributed by atoms with Gasteiger partial charge in [0, 0.05) is 25.7 Å². The summed E-state index contributed by atoms with van der Waals surface area (Å²) in [5.41, 5.74) is 0. The van der Waals surface area contributed by atoms with Crippen LogP contribution in [0.15, 0.2) is 134 Å². The molecule has 17 nitrogen and oxygen atoms in total. The van der Waals surface area contributed by atoms with Crippen LogP contribution in [-0.2, 0) is 65.4 Å². The van der Waals surface area contributed by atoms with Crippen LogP contribution in [0.1, 0.15) is 323 Å². The van der Waals surface area contributed by atoms with E-state index in [1.54, 1.807) is 0 Å². The van der Waals surface area contributed by atoms with E-state index in [2.05, 4.69) is 143 Å². The maximum absolute atomic E-state index is 13.1. The molecule has 104 heavy (non-hydrogen) atoms. The third kappa shape index (κ3) is 75.4. The minimum Gasteiger partial charge on any atom is -0.462 e. The van der Waals surface area contributed by atoms with Crippen molar-refractivity contribution in [1.82, 2.24) is 0 Å². The Hall–Kier alpha value is -4.80. The van der Waals surface area contributed by atoms with Crippen molar-refractivity contribution in [1.29, 1.82) is 0 Å². The fourth-order valence-electron chi connectivity index (χ4n) is 10.5. The Bertz CT molecular complexity index is 2490. The van der Waals surface area contributed by atoms with E-state index in [4.69, 9.17) is 37.0 Å². The Morgan fingerprint density at radius 3 is 0.885 bits per heavy atom. The number of ether oxygens (including phenoxy) is 4. The number of carbonyl (C=O) groups is 4. The molecule has 0 spiro atoms. The Labute approximate surface area is 631 Å². The van der Waals surface area contributed by atoms with Crippen LogP contribution in [0.2, 0.25) is 0 Å². The summed E-state index contributed by atoms with van der Waals surface area (Å²) in [7, 11) is -9.99. The van der Waals surface area contributed by atoms with E-state index in [9.17, 15) is 43.2 Å². The van der Waals surface area contributed by atoms with E-state index < -0.39 is 97.5 Å². The normalized spacial score (nSPS) is 14.6. The highest BCUT2D eigenvalue weighted by Crippen LogP contribution is 2.45. The number of aliphatic hydroxyl groups excluding tert-OH is 1. The van der Waals surface area contributed by atoms with Gasteiger partial charge in [0.15, 0.2) is 12.2 Å². The summed E-state index contributed by atoms with van der Waals surface area (Å²) in [4.78, 5) is 73.0. The van der Waals surface area contributed by atoms with Crippen molar-refractivity contribution in [3.8, 4) is 0 Å². The summed E-state index contributed by atoms with van der Waals surface area (Å²) < 4.78 is 68.5. The molecular weight excluding hydrogens is 1350 g/mol. The average Bonchev–Trinajstić information content (AvgIpc) is 0.906. The molecule has 3 N–H and O–H groups in total. The number of phosphoric acid groups is 2. The molecule has 0 aliphatic rings. The molecule has 19 heteroatoms. The summed E-state index contributed by atoms with van der Waals surface area (Å²) in [6, 6.07) is 0. The number of phosphoric ester groups is 2. The molecule has 0 aromatic rings. The van der Waals surface area contributed by atoms with Crippen LogP contribution in [-0.4, -0.2) is 96.7 Å². The second-order valence-electron chi connectivity index (χ2n) is 26.6. The van der Waals surface area contributed by atoms with Gasteiger partial charge in [-0.25, -0.2) is 9.13 Å². The lowest BCUT2D eigenvalue weighted by molar-refractivity contribution is -0.161. The van der Waals surface area contributed by atoms with E-state index >= 15 is 0 Å². The van der Waals surface area contributed by atoms with Gasteiger partial charge in [-0.15, -0.1) is 0 Å². The molecule has 0 heterocycles. The predicted octanol–water partition coefficient (Wildman–Crippen LogP) is 23.7. The highest BCUT2D eigenvalue weighted by atomic mass is 31.2. The minimum absolute atomic E-state index is 0.0302. The van der Waals surface area contributed by atoms with Gasteiger partial charge in [0.25, 0.3) is 0 Å². The van der Waals surface area contributed by atoms with Crippen LogP contribution >= 0.6 is 15.6 Å². The van der Waals surface area contributed by atoms with Gasteiger partial charge in [0.1, 0.15) is 19.3 Å². The lowest BCUT2D eigenvalue weighted by Gasteiger charge is -2.21. The van der Waals surface area contributed by atoms with Gasteiger partial charge in [-0.05, 0) is 128 Å². The van der Waals surface area contributed by atoms with Crippen molar-refractivity contribution < 1.29 is 80.2 Å². The van der Waals surface area contributed by atoms with Crippen LogP contribution in [0.25, 0.3) is 0 Å². The monoisotopic (exact) mass is 1500 g/mol. The first-order valence-electron chi connectivity index (χ1n) is 40.4. The number of allylic oxidation sites excluding steroid dienone is 22. The zero-order valence-electron chi connectivity index (χ0n) is 65.2. The van der Waals surface area contributed by atoms with Crippen LogP contribution in [0.3, 0.4) is 0 Å². The molecule has 0 saturated heterocycles. The highest BCUT2D eigenvalue weighted by molar-refractivity contribution is 7.47. The van der Waals surface area contributed by atoms with Gasteiger partial charge >= 0.3 is 39.5 Å².